The smallest absolute Gasteiger partial charge is 0.425 e. The fraction of sp³-hybridized carbons (Fsp3) is 0.435. The lowest BCUT2D eigenvalue weighted by molar-refractivity contribution is -0.149. The van der Waals surface area contributed by atoms with Gasteiger partial charge in [0, 0.05) is 23.4 Å². The third-order valence-corrected chi connectivity index (χ3v) is 11.9. The van der Waals surface area contributed by atoms with E-state index in [1.807, 2.05) is 59.9 Å². The third-order valence-electron chi connectivity index (χ3n) is 11.9. The van der Waals surface area contributed by atoms with Crippen LogP contribution in [0.1, 0.15) is 90.8 Å². The number of fused-ring (bicyclic) bond motifs is 1. The van der Waals surface area contributed by atoms with Gasteiger partial charge in [0.1, 0.15) is 29.5 Å². The SMILES string of the molecule is COC(=O)NC(C(=O)N1[C@H](c2ncc(-c3ccc(-c4ccc5cc(-c6cnc([C@H]7CCCC[C@H]7C(=O)N(NC(=O)OC)C(C)C)[nH]6)ccc5c4)cc3)[nH]2)COC1(C)C)C(C)C. The van der Waals surface area contributed by atoms with Crippen LogP contribution in [0.15, 0.2) is 73.1 Å². The quantitative estimate of drug-likeness (QED) is 0.101. The maximum atomic E-state index is 13.9. The number of carbonyl (C=O) groups excluding carboxylic acids is 4. The Balaban J connectivity index is 1.05. The Morgan fingerprint density at radius 2 is 1.36 bits per heavy atom. The molecular formula is C46H56N8O7. The molecule has 15 nitrogen and oxygen atoms in total. The van der Waals surface area contributed by atoms with Crippen LogP contribution in [0.5, 0.6) is 0 Å². The van der Waals surface area contributed by atoms with Crippen LogP contribution < -0.4 is 10.7 Å². The van der Waals surface area contributed by atoms with Gasteiger partial charge in [-0.2, -0.15) is 0 Å². The van der Waals surface area contributed by atoms with Gasteiger partial charge in [-0.1, -0.05) is 75.2 Å². The zero-order valence-electron chi connectivity index (χ0n) is 36.1. The molecule has 0 spiro atoms. The van der Waals surface area contributed by atoms with Crippen LogP contribution >= 0.6 is 0 Å². The molecule has 2 fully saturated rings. The number of ether oxygens (including phenoxy) is 3. The molecule has 4 amide bonds. The van der Waals surface area contributed by atoms with Crippen molar-refractivity contribution in [3.8, 4) is 33.6 Å². The molecule has 7 rings (SSSR count). The van der Waals surface area contributed by atoms with Gasteiger partial charge in [-0.15, -0.1) is 0 Å². The molecule has 2 aromatic heterocycles. The number of amides is 4. The van der Waals surface area contributed by atoms with Gasteiger partial charge in [-0.3, -0.25) is 9.59 Å². The van der Waals surface area contributed by atoms with Crippen molar-refractivity contribution in [1.82, 2.24) is 40.6 Å². The standard InChI is InChI=1S/C46H56N8O7/c1-26(2)39(51-44(57)59-7)43(56)53-38(25-61-46(53,5)6)41-48-23-36(50-41)29-15-13-28(14-16-29)30-17-18-32-22-33(20-19-31(32)21-30)37-24-47-40(49-37)34-11-9-10-12-35(34)42(55)54(27(3)4)52-45(58)60-8/h13-24,26-27,34-35,38-39H,9-12,25H2,1-8H3,(H,47,49)(H,48,50)(H,51,57)(H,52,58)/t34-,35+,38-,39?/m0/s1. The number of aromatic nitrogens is 4. The first-order valence-electron chi connectivity index (χ1n) is 20.9. The molecule has 1 saturated carbocycles. The van der Waals surface area contributed by atoms with Gasteiger partial charge < -0.3 is 34.4 Å². The van der Waals surface area contributed by atoms with Gasteiger partial charge in [0.2, 0.25) is 11.8 Å². The predicted octanol–water partition coefficient (Wildman–Crippen LogP) is 8.09. The van der Waals surface area contributed by atoms with Crippen molar-refractivity contribution in [3.63, 3.8) is 0 Å². The van der Waals surface area contributed by atoms with Gasteiger partial charge in [0.15, 0.2) is 0 Å². The number of aromatic amines is 2. The minimum atomic E-state index is -0.920. The Morgan fingerprint density at radius 1 is 0.787 bits per heavy atom. The number of imidazole rings is 2. The molecule has 1 aliphatic carbocycles. The lowest BCUT2D eigenvalue weighted by Crippen LogP contribution is -2.56. The number of benzene rings is 3. The van der Waals surface area contributed by atoms with Crippen LogP contribution in [-0.4, -0.2) is 92.5 Å². The number of rotatable bonds is 10. The number of alkyl carbamates (subject to hydrolysis) is 1. The summed E-state index contributed by atoms with van der Waals surface area (Å²) < 4.78 is 15.6. The summed E-state index contributed by atoms with van der Waals surface area (Å²) in [6.07, 6.45) is 5.73. The summed E-state index contributed by atoms with van der Waals surface area (Å²) >= 11 is 0. The molecule has 0 bridgehead atoms. The van der Waals surface area contributed by atoms with E-state index in [0.29, 0.717) is 12.2 Å². The molecule has 1 saturated heterocycles. The van der Waals surface area contributed by atoms with E-state index in [0.717, 1.165) is 69.5 Å². The van der Waals surface area contributed by atoms with Crippen molar-refractivity contribution >= 4 is 34.8 Å². The van der Waals surface area contributed by atoms with Crippen molar-refractivity contribution < 1.29 is 33.4 Å². The average molecular weight is 833 g/mol. The van der Waals surface area contributed by atoms with Crippen LogP contribution in [0.4, 0.5) is 9.59 Å². The molecule has 1 unspecified atom stereocenters. The van der Waals surface area contributed by atoms with Crippen LogP contribution in [0, 0.1) is 11.8 Å². The second-order valence-corrected chi connectivity index (χ2v) is 17.0. The summed E-state index contributed by atoms with van der Waals surface area (Å²) in [6, 6.07) is 19.5. The highest BCUT2D eigenvalue weighted by Crippen LogP contribution is 2.40. The van der Waals surface area contributed by atoms with Crippen molar-refractivity contribution in [2.24, 2.45) is 11.8 Å². The number of nitrogens with zero attached hydrogens (tertiary/aromatic N) is 4. The summed E-state index contributed by atoms with van der Waals surface area (Å²) in [5.74, 6) is 0.349. The zero-order valence-corrected chi connectivity index (χ0v) is 36.1. The van der Waals surface area contributed by atoms with Gasteiger partial charge in [-0.25, -0.2) is 30.0 Å². The molecule has 2 aliphatic rings. The molecule has 4 N–H and O–H groups in total. The van der Waals surface area contributed by atoms with Crippen molar-refractivity contribution in [2.75, 3.05) is 20.8 Å². The maximum Gasteiger partial charge on any atom is 0.425 e. The second-order valence-electron chi connectivity index (χ2n) is 17.0. The minimum Gasteiger partial charge on any atom is -0.453 e. The molecule has 3 aromatic carbocycles. The molecule has 4 atom stereocenters. The predicted molar refractivity (Wildman–Crippen MR) is 231 cm³/mol. The lowest BCUT2D eigenvalue weighted by atomic mass is 9.78. The van der Waals surface area contributed by atoms with E-state index in [1.165, 1.54) is 19.2 Å². The minimum absolute atomic E-state index is 0.100. The molecule has 5 aromatic rings. The van der Waals surface area contributed by atoms with Crippen LogP contribution in [0.25, 0.3) is 44.4 Å². The highest BCUT2D eigenvalue weighted by Gasteiger charge is 2.48. The number of H-pyrrole nitrogens is 2. The van der Waals surface area contributed by atoms with E-state index in [2.05, 4.69) is 74.2 Å². The highest BCUT2D eigenvalue weighted by atomic mass is 16.5. The Hall–Kier alpha value is -6.22. The molecule has 61 heavy (non-hydrogen) atoms. The van der Waals surface area contributed by atoms with Crippen molar-refractivity contribution in [1.29, 1.82) is 0 Å². The summed E-state index contributed by atoms with van der Waals surface area (Å²) in [5.41, 5.74) is 7.42. The molecule has 15 heteroatoms. The van der Waals surface area contributed by atoms with Crippen LogP contribution in [0.3, 0.4) is 0 Å². The Bertz CT molecular complexity index is 2390. The van der Waals surface area contributed by atoms with Gasteiger partial charge in [0.05, 0.1) is 44.6 Å². The second kappa shape index (κ2) is 17.8. The number of carbonyl (C=O) groups is 4. The van der Waals surface area contributed by atoms with Gasteiger partial charge >= 0.3 is 12.2 Å². The molecule has 3 heterocycles. The summed E-state index contributed by atoms with van der Waals surface area (Å²) in [4.78, 5) is 69.8. The fourth-order valence-corrected chi connectivity index (χ4v) is 8.55. The van der Waals surface area contributed by atoms with E-state index >= 15 is 0 Å². The first-order valence-corrected chi connectivity index (χ1v) is 20.9. The summed E-state index contributed by atoms with van der Waals surface area (Å²) in [5, 5.41) is 6.24. The Labute approximate surface area is 355 Å². The zero-order chi connectivity index (χ0) is 43.6. The molecular weight excluding hydrogens is 777 g/mol. The number of methoxy groups -OCH3 is 2. The first kappa shape index (κ1) is 42.9. The van der Waals surface area contributed by atoms with E-state index in [4.69, 9.17) is 19.2 Å². The third kappa shape index (κ3) is 8.97. The summed E-state index contributed by atoms with van der Waals surface area (Å²) in [7, 11) is 2.55. The lowest BCUT2D eigenvalue weighted by Gasteiger charge is -2.36. The van der Waals surface area contributed by atoms with Crippen molar-refractivity contribution in [2.45, 2.75) is 97.0 Å². The average Bonchev–Trinajstić information content (AvgIpc) is 4.03. The van der Waals surface area contributed by atoms with Gasteiger partial charge in [-0.05, 0) is 86.1 Å². The first-order chi connectivity index (χ1) is 29.2. The molecule has 0 radical (unpaired) electrons. The largest absolute Gasteiger partial charge is 0.453 e. The Kier molecular flexibility index (Phi) is 12.5. The normalized spacial score (nSPS) is 19.2. The summed E-state index contributed by atoms with van der Waals surface area (Å²) in [6.45, 7) is 11.4. The van der Waals surface area contributed by atoms with Gasteiger partial charge in [0.25, 0.3) is 0 Å². The topological polar surface area (TPSA) is 184 Å². The van der Waals surface area contributed by atoms with Crippen LogP contribution in [0.2, 0.25) is 0 Å². The van der Waals surface area contributed by atoms with Crippen LogP contribution in [-0.2, 0) is 23.8 Å². The highest BCUT2D eigenvalue weighted by molar-refractivity contribution is 5.91. The Morgan fingerprint density at radius 3 is 2.02 bits per heavy atom. The van der Waals surface area contributed by atoms with E-state index in [-0.39, 0.29) is 42.2 Å². The molecule has 322 valence electrons. The van der Waals surface area contributed by atoms with E-state index < -0.39 is 30.0 Å². The number of hydrogen-bond donors (Lipinski definition) is 4. The number of hydrogen-bond acceptors (Lipinski definition) is 9. The van der Waals surface area contributed by atoms with E-state index in [9.17, 15) is 19.2 Å². The van der Waals surface area contributed by atoms with E-state index in [1.54, 1.807) is 11.1 Å². The number of nitrogens with one attached hydrogen (secondary N) is 4. The maximum absolute atomic E-state index is 13.9. The molecule has 1 aliphatic heterocycles. The monoisotopic (exact) mass is 832 g/mol. The fourth-order valence-electron chi connectivity index (χ4n) is 8.55. The number of hydrazine groups is 1. The van der Waals surface area contributed by atoms with Crippen molar-refractivity contribution in [3.05, 3.63) is 84.7 Å².